The smallest absolute Gasteiger partial charge is 0.253 e. The predicted molar refractivity (Wildman–Crippen MR) is 117 cm³/mol. The number of carbonyl (C=O) groups is 1. The van der Waals surface area contributed by atoms with Crippen LogP contribution in [0.2, 0.25) is 0 Å². The van der Waals surface area contributed by atoms with Gasteiger partial charge in [-0.3, -0.25) is 9.78 Å². The van der Waals surface area contributed by atoms with Crippen LogP contribution in [0.3, 0.4) is 0 Å². The minimum absolute atomic E-state index is 0.0999. The first kappa shape index (κ1) is 19.5. The fourth-order valence-corrected chi connectivity index (χ4v) is 4.11. The number of anilines is 1. The van der Waals surface area contributed by atoms with Gasteiger partial charge in [0.05, 0.1) is 12.4 Å². The summed E-state index contributed by atoms with van der Waals surface area (Å²) < 4.78 is 0. The maximum atomic E-state index is 12.7. The number of hydrogen-bond donors (Lipinski definition) is 0. The zero-order valence-corrected chi connectivity index (χ0v) is 17.3. The Morgan fingerprint density at radius 3 is 2.41 bits per heavy atom. The number of hydrogen-bond acceptors (Lipinski definition) is 5. The topological polar surface area (TPSA) is 49.3 Å². The minimum Gasteiger partial charge on any atom is -0.352 e. The van der Waals surface area contributed by atoms with Crippen LogP contribution in [0, 0.1) is 6.92 Å². The van der Waals surface area contributed by atoms with Crippen LogP contribution in [-0.4, -0.2) is 47.0 Å². The van der Waals surface area contributed by atoms with Crippen molar-refractivity contribution in [2.45, 2.75) is 17.7 Å². The number of aryl methyl sites for hydroxylation is 1. The molecule has 0 N–H and O–H groups in total. The summed E-state index contributed by atoms with van der Waals surface area (Å²) in [6.07, 6.45) is 3.62. The van der Waals surface area contributed by atoms with Crippen LogP contribution >= 0.6 is 11.8 Å². The van der Waals surface area contributed by atoms with Crippen molar-refractivity contribution in [3.63, 3.8) is 0 Å². The number of carbonyl (C=O) groups excluding carboxylic acids is 1. The second kappa shape index (κ2) is 9.09. The molecule has 148 valence electrons. The van der Waals surface area contributed by atoms with Crippen LogP contribution in [0.25, 0.3) is 0 Å². The Hall–Kier alpha value is -2.86. The molecule has 0 spiro atoms. The van der Waals surface area contributed by atoms with Crippen molar-refractivity contribution >= 4 is 23.5 Å². The summed E-state index contributed by atoms with van der Waals surface area (Å²) >= 11 is 1.69. The van der Waals surface area contributed by atoms with Crippen LogP contribution in [0.1, 0.15) is 21.5 Å². The Bertz CT molecular complexity index is 954. The third kappa shape index (κ3) is 4.95. The maximum absolute atomic E-state index is 12.7. The normalized spacial score (nSPS) is 14.1. The van der Waals surface area contributed by atoms with Crippen LogP contribution < -0.4 is 4.90 Å². The molecule has 0 radical (unpaired) electrons. The maximum Gasteiger partial charge on any atom is 0.253 e. The van der Waals surface area contributed by atoms with Crippen LogP contribution in [0.15, 0.2) is 72.0 Å². The van der Waals surface area contributed by atoms with E-state index in [4.69, 9.17) is 4.98 Å². The van der Waals surface area contributed by atoms with E-state index in [-0.39, 0.29) is 5.91 Å². The molecule has 1 amide bonds. The molecule has 29 heavy (non-hydrogen) atoms. The average molecular weight is 405 g/mol. The number of amides is 1. The highest BCUT2D eigenvalue weighted by Gasteiger charge is 2.23. The van der Waals surface area contributed by atoms with E-state index in [0.717, 1.165) is 40.8 Å². The van der Waals surface area contributed by atoms with Crippen molar-refractivity contribution in [3.05, 3.63) is 83.7 Å². The van der Waals surface area contributed by atoms with Gasteiger partial charge in [-0.25, -0.2) is 4.98 Å². The Kier molecular flexibility index (Phi) is 6.10. The molecular weight excluding hydrogens is 380 g/mol. The molecule has 1 aliphatic rings. The Morgan fingerprint density at radius 2 is 1.69 bits per heavy atom. The molecular formula is C23H24N4OS. The largest absolute Gasteiger partial charge is 0.352 e. The van der Waals surface area contributed by atoms with Gasteiger partial charge in [0.1, 0.15) is 10.8 Å². The number of nitrogens with zero attached hydrogens (tertiary/aromatic N) is 4. The fraction of sp³-hybridized carbons (Fsp3) is 0.261. The van der Waals surface area contributed by atoms with Crippen molar-refractivity contribution in [3.8, 4) is 0 Å². The number of rotatable bonds is 5. The molecule has 1 fully saturated rings. The molecule has 0 saturated carbocycles. The fourth-order valence-electron chi connectivity index (χ4n) is 3.31. The lowest BCUT2D eigenvalue weighted by Crippen LogP contribution is -2.49. The number of aromatic nitrogens is 2. The first-order chi connectivity index (χ1) is 14.2. The molecule has 1 saturated heterocycles. The van der Waals surface area contributed by atoms with E-state index in [1.54, 1.807) is 11.8 Å². The van der Waals surface area contributed by atoms with Crippen molar-refractivity contribution in [1.29, 1.82) is 0 Å². The molecule has 2 heterocycles. The molecule has 4 rings (SSSR count). The van der Waals surface area contributed by atoms with E-state index in [1.165, 1.54) is 5.56 Å². The highest BCUT2D eigenvalue weighted by atomic mass is 32.2. The summed E-state index contributed by atoms with van der Waals surface area (Å²) in [6, 6.07) is 18.1. The van der Waals surface area contributed by atoms with Crippen LogP contribution in [0.4, 0.5) is 5.82 Å². The van der Waals surface area contributed by atoms with Gasteiger partial charge < -0.3 is 9.80 Å². The highest BCUT2D eigenvalue weighted by molar-refractivity contribution is 7.98. The Labute approximate surface area is 175 Å². The van der Waals surface area contributed by atoms with Crippen molar-refractivity contribution in [2.24, 2.45) is 0 Å². The standard InChI is InChI=1S/C23H24N4OS/c1-18-7-9-20(10-8-18)23(28)27-13-11-26(12-14-27)21-15-24-16-22(25-21)29-17-19-5-3-2-4-6-19/h2-10,15-16H,11-14,17H2,1H3. The second-order valence-electron chi connectivity index (χ2n) is 7.14. The monoisotopic (exact) mass is 404 g/mol. The quantitative estimate of drug-likeness (QED) is 0.601. The van der Waals surface area contributed by atoms with E-state index in [2.05, 4.69) is 34.1 Å². The minimum atomic E-state index is 0.0999. The van der Waals surface area contributed by atoms with E-state index in [9.17, 15) is 4.79 Å². The molecule has 1 aliphatic heterocycles. The zero-order chi connectivity index (χ0) is 20.1. The summed E-state index contributed by atoms with van der Waals surface area (Å²) in [7, 11) is 0. The van der Waals surface area contributed by atoms with Crippen molar-refractivity contribution in [2.75, 3.05) is 31.1 Å². The summed E-state index contributed by atoms with van der Waals surface area (Å²) in [5, 5.41) is 0.921. The summed E-state index contributed by atoms with van der Waals surface area (Å²) in [4.78, 5) is 26.0. The molecule has 0 bridgehead atoms. The number of benzene rings is 2. The van der Waals surface area contributed by atoms with Gasteiger partial charge in [0.25, 0.3) is 5.91 Å². The lowest BCUT2D eigenvalue weighted by atomic mass is 10.1. The predicted octanol–water partition coefficient (Wildman–Crippen LogP) is 4.04. The van der Waals surface area contributed by atoms with Crippen LogP contribution in [0.5, 0.6) is 0 Å². The molecule has 1 aromatic heterocycles. The third-order valence-electron chi connectivity index (χ3n) is 5.02. The molecule has 3 aromatic rings. The SMILES string of the molecule is Cc1ccc(C(=O)N2CCN(c3cncc(SCc4ccccc4)n3)CC2)cc1. The average Bonchev–Trinajstić information content (AvgIpc) is 2.79. The molecule has 5 nitrogen and oxygen atoms in total. The lowest BCUT2D eigenvalue weighted by Gasteiger charge is -2.35. The molecule has 2 aromatic carbocycles. The van der Waals surface area contributed by atoms with Gasteiger partial charge in [0.2, 0.25) is 0 Å². The summed E-state index contributed by atoms with van der Waals surface area (Å²) in [5.74, 6) is 1.85. The Balaban J connectivity index is 1.34. The Morgan fingerprint density at radius 1 is 0.966 bits per heavy atom. The summed E-state index contributed by atoms with van der Waals surface area (Å²) in [5.41, 5.74) is 3.19. The van der Waals surface area contributed by atoms with Gasteiger partial charge in [0, 0.05) is 37.5 Å². The summed E-state index contributed by atoms with van der Waals surface area (Å²) in [6.45, 7) is 4.93. The van der Waals surface area contributed by atoms with Gasteiger partial charge in [-0.05, 0) is 24.6 Å². The highest BCUT2D eigenvalue weighted by Crippen LogP contribution is 2.23. The van der Waals surface area contributed by atoms with Crippen LogP contribution in [-0.2, 0) is 5.75 Å². The molecule has 6 heteroatoms. The molecule has 0 atom stereocenters. The number of thioether (sulfide) groups is 1. The first-order valence-corrected chi connectivity index (χ1v) is 10.8. The van der Waals surface area contributed by atoms with Crippen molar-refractivity contribution in [1.82, 2.24) is 14.9 Å². The van der Waals surface area contributed by atoms with Gasteiger partial charge in [0.15, 0.2) is 0 Å². The zero-order valence-electron chi connectivity index (χ0n) is 16.5. The van der Waals surface area contributed by atoms with E-state index < -0.39 is 0 Å². The molecule has 0 unspecified atom stereocenters. The lowest BCUT2D eigenvalue weighted by molar-refractivity contribution is 0.0746. The third-order valence-corrected chi connectivity index (χ3v) is 5.99. The van der Waals surface area contributed by atoms with Crippen molar-refractivity contribution < 1.29 is 4.79 Å². The van der Waals surface area contributed by atoms with Gasteiger partial charge in [-0.15, -0.1) is 11.8 Å². The van der Waals surface area contributed by atoms with E-state index >= 15 is 0 Å². The number of piperazine rings is 1. The van der Waals surface area contributed by atoms with Gasteiger partial charge in [-0.1, -0.05) is 48.0 Å². The first-order valence-electron chi connectivity index (χ1n) is 9.79. The van der Waals surface area contributed by atoms with E-state index in [1.807, 2.05) is 54.5 Å². The second-order valence-corrected chi connectivity index (χ2v) is 8.13. The molecule has 0 aliphatic carbocycles. The van der Waals surface area contributed by atoms with E-state index in [0.29, 0.717) is 13.1 Å². The van der Waals surface area contributed by atoms with Gasteiger partial charge in [-0.2, -0.15) is 0 Å². The van der Waals surface area contributed by atoms with Gasteiger partial charge >= 0.3 is 0 Å².